The van der Waals surface area contributed by atoms with Crippen LogP contribution in [0.5, 0.6) is 0 Å². The van der Waals surface area contributed by atoms with E-state index in [2.05, 4.69) is 30.1 Å². The van der Waals surface area contributed by atoms with E-state index in [1.165, 1.54) is 18.4 Å². The van der Waals surface area contributed by atoms with Crippen LogP contribution in [0.3, 0.4) is 0 Å². The third-order valence-corrected chi connectivity index (χ3v) is 3.81. The van der Waals surface area contributed by atoms with Gasteiger partial charge < -0.3 is 10.7 Å². The van der Waals surface area contributed by atoms with Crippen molar-refractivity contribution >= 4 is 11.0 Å². The van der Waals surface area contributed by atoms with Gasteiger partial charge in [-0.25, -0.2) is 4.98 Å². The molecule has 1 aliphatic carbocycles. The average Bonchev–Trinajstić information content (AvgIpc) is 2.72. The summed E-state index contributed by atoms with van der Waals surface area (Å²) in [5, 5.41) is 0. The van der Waals surface area contributed by atoms with Crippen molar-refractivity contribution in [3.05, 3.63) is 29.6 Å². The Hall–Kier alpha value is -1.35. The fourth-order valence-electron chi connectivity index (χ4n) is 2.73. The molecule has 1 aromatic carbocycles. The Bertz CT molecular complexity index is 521. The highest BCUT2D eigenvalue weighted by molar-refractivity contribution is 5.75. The summed E-state index contributed by atoms with van der Waals surface area (Å²) >= 11 is 0. The van der Waals surface area contributed by atoms with Gasteiger partial charge in [0, 0.05) is 12.0 Å². The van der Waals surface area contributed by atoms with E-state index < -0.39 is 0 Å². The molecular formula is C14H19N3. The molecular weight excluding hydrogens is 210 g/mol. The van der Waals surface area contributed by atoms with Crippen LogP contribution in [-0.4, -0.2) is 16.0 Å². The van der Waals surface area contributed by atoms with E-state index in [0.717, 1.165) is 29.7 Å². The van der Waals surface area contributed by atoms with Crippen LogP contribution >= 0.6 is 0 Å². The number of nitrogens with zero attached hydrogens (tertiary/aromatic N) is 1. The molecule has 0 spiro atoms. The maximum Gasteiger partial charge on any atom is 0.110 e. The second kappa shape index (κ2) is 4.15. The standard InChI is InChI=1S/C14H19N3/c1-9-2-7-12-13(8-9)17-14(16-12)10-3-5-11(15)6-4-10/h2,7-8,10-11H,3-6,15H2,1H3,(H,16,17). The van der Waals surface area contributed by atoms with Crippen LogP contribution in [0.4, 0.5) is 0 Å². The third-order valence-electron chi connectivity index (χ3n) is 3.81. The first-order valence-electron chi connectivity index (χ1n) is 6.44. The molecule has 3 rings (SSSR count). The lowest BCUT2D eigenvalue weighted by Gasteiger charge is -2.24. The van der Waals surface area contributed by atoms with E-state index in [-0.39, 0.29) is 0 Å². The number of aryl methyl sites for hydroxylation is 1. The summed E-state index contributed by atoms with van der Waals surface area (Å²) in [5.41, 5.74) is 9.46. The van der Waals surface area contributed by atoms with Gasteiger partial charge in [-0.1, -0.05) is 6.07 Å². The molecule has 1 saturated carbocycles. The van der Waals surface area contributed by atoms with Crippen LogP contribution in [0, 0.1) is 6.92 Å². The van der Waals surface area contributed by atoms with Crippen molar-refractivity contribution in [1.82, 2.24) is 9.97 Å². The van der Waals surface area contributed by atoms with E-state index in [1.807, 2.05) is 0 Å². The normalized spacial score (nSPS) is 25.3. The van der Waals surface area contributed by atoms with Gasteiger partial charge in [-0.2, -0.15) is 0 Å². The van der Waals surface area contributed by atoms with Crippen molar-refractivity contribution in [2.24, 2.45) is 5.73 Å². The molecule has 17 heavy (non-hydrogen) atoms. The Morgan fingerprint density at radius 2 is 2.00 bits per heavy atom. The minimum Gasteiger partial charge on any atom is -0.342 e. The monoisotopic (exact) mass is 229 g/mol. The van der Waals surface area contributed by atoms with Gasteiger partial charge in [0.25, 0.3) is 0 Å². The largest absolute Gasteiger partial charge is 0.342 e. The molecule has 0 bridgehead atoms. The second-order valence-corrected chi connectivity index (χ2v) is 5.25. The number of nitrogens with two attached hydrogens (primary N) is 1. The van der Waals surface area contributed by atoms with Crippen molar-refractivity contribution < 1.29 is 0 Å². The number of H-pyrrole nitrogens is 1. The highest BCUT2D eigenvalue weighted by Gasteiger charge is 2.22. The number of hydrogen-bond acceptors (Lipinski definition) is 2. The van der Waals surface area contributed by atoms with Crippen LogP contribution in [0.2, 0.25) is 0 Å². The Kier molecular flexibility index (Phi) is 2.63. The van der Waals surface area contributed by atoms with Crippen molar-refractivity contribution in [3.63, 3.8) is 0 Å². The minimum absolute atomic E-state index is 0.401. The summed E-state index contributed by atoms with van der Waals surface area (Å²) < 4.78 is 0. The lowest BCUT2D eigenvalue weighted by atomic mass is 9.86. The first kappa shape index (κ1) is 10.8. The van der Waals surface area contributed by atoms with Gasteiger partial charge in [0.05, 0.1) is 11.0 Å². The third kappa shape index (κ3) is 2.07. The Balaban J connectivity index is 1.90. The van der Waals surface area contributed by atoms with Crippen molar-refractivity contribution in [2.45, 2.75) is 44.6 Å². The van der Waals surface area contributed by atoms with Gasteiger partial charge >= 0.3 is 0 Å². The lowest BCUT2D eigenvalue weighted by molar-refractivity contribution is 0.386. The number of hydrogen-bond donors (Lipinski definition) is 2. The van der Waals surface area contributed by atoms with Crippen LogP contribution in [0.25, 0.3) is 11.0 Å². The van der Waals surface area contributed by atoms with Gasteiger partial charge in [-0.15, -0.1) is 0 Å². The van der Waals surface area contributed by atoms with E-state index in [0.29, 0.717) is 12.0 Å². The van der Waals surface area contributed by atoms with Gasteiger partial charge in [-0.3, -0.25) is 0 Å². The summed E-state index contributed by atoms with van der Waals surface area (Å²) in [6.07, 6.45) is 4.58. The molecule has 1 aromatic heterocycles. The first-order valence-corrected chi connectivity index (χ1v) is 6.44. The topological polar surface area (TPSA) is 54.7 Å². The summed E-state index contributed by atoms with van der Waals surface area (Å²) in [5.74, 6) is 1.72. The molecule has 1 aliphatic rings. The fourth-order valence-corrected chi connectivity index (χ4v) is 2.73. The maximum absolute atomic E-state index is 5.94. The quantitative estimate of drug-likeness (QED) is 0.790. The molecule has 0 saturated heterocycles. The van der Waals surface area contributed by atoms with Gasteiger partial charge in [0.2, 0.25) is 0 Å². The molecule has 0 amide bonds. The zero-order valence-corrected chi connectivity index (χ0v) is 10.2. The first-order chi connectivity index (χ1) is 8.22. The highest BCUT2D eigenvalue weighted by atomic mass is 14.9. The molecule has 0 unspecified atom stereocenters. The summed E-state index contributed by atoms with van der Waals surface area (Å²) in [6.45, 7) is 2.11. The predicted molar refractivity (Wildman–Crippen MR) is 70.0 cm³/mol. The number of rotatable bonds is 1. The van der Waals surface area contributed by atoms with Crippen LogP contribution in [-0.2, 0) is 0 Å². The van der Waals surface area contributed by atoms with Crippen LogP contribution in [0.15, 0.2) is 18.2 Å². The zero-order valence-electron chi connectivity index (χ0n) is 10.2. The van der Waals surface area contributed by atoms with Gasteiger partial charge in [0.1, 0.15) is 5.82 Å². The molecule has 0 radical (unpaired) electrons. The minimum atomic E-state index is 0.401. The molecule has 3 nitrogen and oxygen atoms in total. The number of aromatic amines is 1. The number of nitrogens with one attached hydrogen (secondary N) is 1. The molecule has 3 N–H and O–H groups in total. The molecule has 0 aliphatic heterocycles. The van der Waals surface area contributed by atoms with Crippen molar-refractivity contribution in [1.29, 1.82) is 0 Å². The van der Waals surface area contributed by atoms with Crippen molar-refractivity contribution in [3.8, 4) is 0 Å². The lowest BCUT2D eigenvalue weighted by Crippen LogP contribution is -2.26. The maximum atomic E-state index is 5.94. The van der Waals surface area contributed by atoms with Gasteiger partial charge in [-0.05, 0) is 50.3 Å². The molecule has 1 fully saturated rings. The van der Waals surface area contributed by atoms with E-state index in [9.17, 15) is 0 Å². The van der Waals surface area contributed by atoms with Gasteiger partial charge in [0.15, 0.2) is 0 Å². The highest BCUT2D eigenvalue weighted by Crippen LogP contribution is 2.31. The number of benzene rings is 1. The average molecular weight is 229 g/mol. The summed E-state index contributed by atoms with van der Waals surface area (Å²) in [7, 11) is 0. The fraction of sp³-hybridized carbons (Fsp3) is 0.500. The Labute approximate surface area is 101 Å². The van der Waals surface area contributed by atoms with E-state index in [4.69, 9.17) is 10.7 Å². The molecule has 3 heteroatoms. The SMILES string of the molecule is Cc1ccc2nc(C3CCC(N)CC3)[nH]c2c1. The molecule has 1 heterocycles. The van der Waals surface area contributed by atoms with Crippen LogP contribution < -0.4 is 5.73 Å². The number of fused-ring (bicyclic) bond motifs is 1. The van der Waals surface area contributed by atoms with E-state index >= 15 is 0 Å². The van der Waals surface area contributed by atoms with Crippen molar-refractivity contribution in [2.75, 3.05) is 0 Å². The smallest absolute Gasteiger partial charge is 0.110 e. The summed E-state index contributed by atoms with van der Waals surface area (Å²) in [6, 6.07) is 6.78. The molecule has 90 valence electrons. The molecule has 2 aromatic rings. The second-order valence-electron chi connectivity index (χ2n) is 5.25. The predicted octanol–water partition coefficient (Wildman–Crippen LogP) is 2.86. The Morgan fingerprint density at radius 3 is 2.76 bits per heavy atom. The number of imidazole rings is 1. The molecule has 0 atom stereocenters. The zero-order chi connectivity index (χ0) is 11.8. The van der Waals surface area contributed by atoms with E-state index in [1.54, 1.807) is 0 Å². The van der Waals surface area contributed by atoms with Crippen LogP contribution in [0.1, 0.15) is 43.0 Å². The summed E-state index contributed by atoms with van der Waals surface area (Å²) in [4.78, 5) is 8.18. The number of aromatic nitrogens is 2. The Morgan fingerprint density at radius 1 is 1.24 bits per heavy atom.